The number of pyridine rings is 1. The van der Waals surface area contributed by atoms with E-state index in [0.29, 0.717) is 19.7 Å². The summed E-state index contributed by atoms with van der Waals surface area (Å²) >= 11 is 1.25. The fourth-order valence-corrected chi connectivity index (χ4v) is 4.58. The quantitative estimate of drug-likeness (QED) is 0.743. The number of nitrogens with one attached hydrogen (secondary N) is 1. The van der Waals surface area contributed by atoms with Gasteiger partial charge in [0.2, 0.25) is 5.01 Å². The Morgan fingerprint density at radius 1 is 1.24 bits per heavy atom. The van der Waals surface area contributed by atoms with Crippen LogP contribution < -0.4 is 10.2 Å². The number of hydrogen-bond acceptors (Lipinski definition) is 8. The summed E-state index contributed by atoms with van der Waals surface area (Å²) in [6.07, 6.45) is 3.50. The van der Waals surface area contributed by atoms with E-state index < -0.39 is 5.97 Å². The zero-order valence-electron chi connectivity index (χ0n) is 16.3. The van der Waals surface area contributed by atoms with Gasteiger partial charge in [-0.15, -0.1) is 10.2 Å². The minimum Gasteiger partial charge on any atom is -0.461 e. The maximum atomic E-state index is 12.7. The lowest BCUT2D eigenvalue weighted by atomic mass is 10.1. The third kappa shape index (κ3) is 4.47. The Morgan fingerprint density at radius 3 is 2.93 bits per heavy atom. The van der Waals surface area contributed by atoms with E-state index >= 15 is 0 Å². The van der Waals surface area contributed by atoms with Crippen LogP contribution in [0.4, 0.5) is 10.6 Å². The number of anilines is 1. The first-order valence-corrected chi connectivity index (χ1v) is 10.7. The van der Waals surface area contributed by atoms with Gasteiger partial charge in [-0.25, -0.2) is 14.6 Å². The molecule has 10 heteroatoms. The Balaban J connectivity index is 1.28. The van der Waals surface area contributed by atoms with Crippen molar-refractivity contribution >= 4 is 29.2 Å². The minimum absolute atomic E-state index is 0.0458. The molecule has 0 aromatic carbocycles. The van der Waals surface area contributed by atoms with E-state index in [1.54, 1.807) is 13.1 Å². The number of rotatable bonds is 5. The van der Waals surface area contributed by atoms with E-state index in [9.17, 15) is 9.59 Å². The van der Waals surface area contributed by atoms with E-state index in [0.717, 1.165) is 36.8 Å². The van der Waals surface area contributed by atoms with Crippen molar-refractivity contribution in [3.8, 4) is 0 Å². The van der Waals surface area contributed by atoms with Gasteiger partial charge in [-0.1, -0.05) is 17.4 Å². The minimum atomic E-state index is -0.442. The summed E-state index contributed by atoms with van der Waals surface area (Å²) in [5.41, 5.74) is 0. The number of aromatic nitrogens is 3. The molecule has 0 saturated carbocycles. The van der Waals surface area contributed by atoms with Crippen molar-refractivity contribution in [1.82, 2.24) is 25.4 Å². The third-order valence-corrected chi connectivity index (χ3v) is 6.27. The highest BCUT2D eigenvalue weighted by Crippen LogP contribution is 2.29. The number of likely N-dealkylation sites (tertiary alicyclic amines) is 1. The second kappa shape index (κ2) is 8.73. The first kappa shape index (κ1) is 19.6. The Bertz CT molecular complexity index is 861. The van der Waals surface area contributed by atoms with Crippen LogP contribution in [0, 0.1) is 0 Å². The van der Waals surface area contributed by atoms with Crippen molar-refractivity contribution in [1.29, 1.82) is 0 Å². The maximum absolute atomic E-state index is 12.7. The van der Waals surface area contributed by atoms with Crippen LogP contribution in [-0.2, 0) is 4.74 Å². The number of hydrogen-bond donors (Lipinski definition) is 1. The second-order valence-electron chi connectivity index (χ2n) is 7.17. The van der Waals surface area contributed by atoms with Gasteiger partial charge in [-0.3, -0.25) is 0 Å². The molecule has 2 amide bonds. The van der Waals surface area contributed by atoms with Crippen LogP contribution in [0.5, 0.6) is 0 Å². The molecule has 4 heterocycles. The number of amides is 2. The Kier molecular flexibility index (Phi) is 5.89. The normalized spacial score (nSPS) is 21.4. The number of carbonyl (C=O) groups excluding carboxylic acids is 2. The standard InChI is InChI=1S/C19H24N6O3S/c1-2-28-18(26)17-23-22-16(29-17)13-6-9-25(11-13)19(27)21-14-7-10-24(12-14)15-5-3-4-8-20-15/h3-5,8,13-14H,2,6-7,9-12H2,1H3,(H,21,27). The molecule has 2 atom stereocenters. The van der Waals surface area contributed by atoms with Crippen LogP contribution in [0.25, 0.3) is 0 Å². The Labute approximate surface area is 173 Å². The molecular formula is C19H24N6O3S. The monoisotopic (exact) mass is 416 g/mol. The molecular weight excluding hydrogens is 392 g/mol. The first-order valence-electron chi connectivity index (χ1n) is 9.86. The van der Waals surface area contributed by atoms with Crippen LogP contribution in [-0.4, -0.2) is 70.9 Å². The van der Waals surface area contributed by atoms with Crippen LogP contribution >= 0.6 is 11.3 Å². The van der Waals surface area contributed by atoms with Crippen molar-refractivity contribution in [2.24, 2.45) is 0 Å². The van der Waals surface area contributed by atoms with Gasteiger partial charge in [0.1, 0.15) is 10.8 Å². The zero-order chi connectivity index (χ0) is 20.2. The highest BCUT2D eigenvalue weighted by Gasteiger charge is 2.32. The van der Waals surface area contributed by atoms with Gasteiger partial charge in [0.25, 0.3) is 0 Å². The molecule has 2 aromatic heterocycles. The fraction of sp³-hybridized carbons (Fsp3) is 0.526. The van der Waals surface area contributed by atoms with Gasteiger partial charge in [0.05, 0.1) is 6.61 Å². The summed E-state index contributed by atoms with van der Waals surface area (Å²) in [4.78, 5) is 32.9. The third-order valence-electron chi connectivity index (χ3n) is 5.20. The average molecular weight is 417 g/mol. The summed E-state index contributed by atoms with van der Waals surface area (Å²) in [5.74, 6) is 0.608. The molecule has 2 saturated heterocycles. The molecule has 2 aliphatic rings. The number of nitrogens with zero attached hydrogens (tertiary/aromatic N) is 5. The van der Waals surface area contributed by atoms with Crippen LogP contribution in [0.2, 0.25) is 0 Å². The molecule has 1 N–H and O–H groups in total. The van der Waals surface area contributed by atoms with Gasteiger partial charge in [0.15, 0.2) is 0 Å². The highest BCUT2D eigenvalue weighted by molar-refractivity contribution is 7.13. The number of carbonyl (C=O) groups is 2. The zero-order valence-corrected chi connectivity index (χ0v) is 17.1. The molecule has 2 fully saturated rings. The molecule has 0 bridgehead atoms. The molecule has 29 heavy (non-hydrogen) atoms. The van der Waals surface area contributed by atoms with Crippen molar-refractivity contribution in [2.45, 2.75) is 31.7 Å². The molecule has 0 aliphatic carbocycles. The topological polar surface area (TPSA) is 101 Å². The second-order valence-corrected chi connectivity index (χ2v) is 8.18. The predicted octanol–water partition coefficient (Wildman–Crippen LogP) is 1.89. The molecule has 0 radical (unpaired) electrons. The molecule has 0 spiro atoms. The van der Waals surface area contributed by atoms with Crippen LogP contribution in [0.3, 0.4) is 0 Å². The Hall–Kier alpha value is -2.75. The number of ether oxygens (including phenoxy) is 1. The number of esters is 1. The fourth-order valence-electron chi connectivity index (χ4n) is 3.71. The summed E-state index contributed by atoms with van der Waals surface area (Å²) in [6, 6.07) is 5.92. The lowest BCUT2D eigenvalue weighted by molar-refractivity contribution is 0.0525. The lowest BCUT2D eigenvalue weighted by Crippen LogP contribution is -2.45. The van der Waals surface area contributed by atoms with Gasteiger partial charge < -0.3 is 19.9 Å². The summed E-state index contributed by atoms with van der Waals surface area (Å²) in [7, 11) is 0. The van der Waals surface area contributed by atoms with Crippen LogP contribution in [0.15, 0.2) is 24.4 Å². The van der Waals surface area contributed by atoms with Crippen LogP contribution in [0.1, 0.15) is 40.5 Å². The van der Waals surface area contributed by atoms with Gasteiger partial charge in [-0.2, -0.15) is 0 Å². The number of urea groups is 1. The summed E-state index contributed by atoms with van der Waals surface area (Å²) in [6.45, 7) is 4.96. The summed E-state index contributed by atoms with van der Waals surface area (Å²) < 4.78 is 4.96. The molecule has 154 valence electrons. The largest absolute Gasteiger partial charge is 0.461 e. The van der Waals surface area contributed by atoms with E-state index in [-0.39, 0.29) is 23.0 Å². The van der Waals surface area contributed by atoms with E-state index in [1.807, 2.05) is 23.1 Å². The Morgan fingerprint density at radius 2 is 2.14 bits per heavy atom. The van der Waals surface area contributed by atoms with E-state index in [4.69, 9.17) is 4.74 Å². The van der Waals surface area contributed by atoms with E-state index in [1.165, 1.54) is 11.3 Å². The van der Waals surface area contributed by atoms with Crippen molar-refractivity contribution < 1.29 is 14.3 Å². The molecule has 2 unspecified atom stereocenters. The predicted molar refractivity (Wildman–Crippen MR) is 108 cm³/mol. The smallest absolute Gasteiger partial charge is 0.369 e. The molecule has 4 rings (SSSR count). The molecule has 2 aliphatic heterocycles. The molecule has 9 nitrogen and oxygen atoms in total. The van der Waals surface area contributed by atoms with Gasteiger partial charge in [-0.05, 0) is 31.9 Å². The maximum Gasteiger partial charge on any atom is 0.369 e. The first-order chi connectivity index (χ1) is 14.1. The van der Waals surface area contributed by atoms with Crippen molar-refractivity contribution in [3.05, 3.63) is 34.4 Å². The van der Waals surface area contributed by atoms with E-state index in [2.05, 4.69) is 25.4 Å². The van der Waals surface area contributed by atoms with Crippen molar-refractivity contribution in [3.63, 3.8) is 0 Å². The van der Waals surface area contributed by atoms with Crippen molar-refractivity contribution in [2.75, 3.05) is 37.7 Å². The summed E-state index contributed by atoms with van der Waals surface area (Å²) in [5, 5.41) is 12.3. The molecule has 2 aromatic rings. The lowest BCUT2D eigenvalue weighted by Gasteiger charge is -2.21. The van der Waals surface area contributed by atoms with Gasteiger partial charge >= 0.3 is 12.0 Å². The highest BCUT2D eigenvalue weighted by atomic mass is 32.1. The van der Waals surface area contributed by atoms with Gasteiger partial charge in [0, 0.05) is 44.3 Å². The average Bonchev–Trinajstić information content (AvgIpc) is 3.48. The SMILES string of the molecule is CCOC(=O)c1nnc(C2CCN(C(=O)NC3CCN(c4ccccn4)C3)C2)s1.